The normalized spacial score (nSPS) is 18.1. The Balaban J connectivity index is 1.74. The first-order valence-electron chi connectivity index (χ1n) is 7.80. The quantitative estimate of drug-likeness (QED) is 0.754. The van der Waals surface area contributed by atoms with Gasteiger partial charge in [-0.05, 0) is 61.3 Å². The minimum absolute atomic E-state index is 0.590. The molecule has 1 saturated carbocycles. The summed E-state index contributed by atoms with van der Waals surface area (Å²) < 4.78 is 0. The predicted octanol–water partition coefficient (Wildman–Crippen LogP) is 3.82. The van der Waals surface area contributed by atoms with Crippen molar-refractivity contribution in [2.45, 2.75) is 52.4 Å². The molecule has 0 saturated heterocycles. The molecule has 2 heteroatoms. The smallest absolute Gasteiger partial charge is 0.0270 e. The zero-order valence-electron chi connectivity index (χ0n) is 12.5. The molecule has 1 aromatic heterocycles. The van der Waals surface area contributed by atoms with Gasteiger partial charge in [0, 0.05) is 18.9 Å². The molecule has 0 aliphatic heterocycles. The second kappa shape index (κ2) is 7.04. The third-order valence-corrected chi connectivity index (χ3v) is 4.35. The van der Waals surface area contributed by atoms with Gasteiger partial charge in [0.2, 0.25) is 0 Å². The summed E-state index contributed by atoms with van der Waals surface area (Å²) in [7, 11) is 0. The molecule has 1 N–H and O–H groups in total. The summed E-state index contributed by atoms with van der Waals surface area (Å²) in [4.78, 5) is 4.06. The molecular weight excluding hydrogens is 232 g/mol. The molecule has 0 atom stereocenters. The van der Waals surface area contributed by atoms with Crippen molar-refractivity contribution in [1.82, 2.24) is 10.3 Å². The van der Waals surface area contributed by atoms with E-state index >= 15 is 0 Å². The van der Waals surface area contributed by atoms with Gasteiger partial charge in [-0.15, -0.1) is 0 Å². The Morgan fingerprint density at radius 2 is 1.89 bits per heavy atom. The molecule has 0 amide bonds. The zero-order chi connectivity index (χ0) is 13.6. The van der Waals surface area contributed by atoms with Gasteiger partial charge in [0.05, 0.1) is 0 Å². The number of nitrogens with one attached hydrogen (secondary N) is 1. The highest BCUT2D eigenvalue weighted by molar-refractivity contribution is 5.09. The van der Waals surface area contributed by atoms with Gasteiger partial charge in [-0.1, -0.05) is 26.7 Å². The molecule has 0 spiro atoms. The molecule has 1 fully saturated rings. The van der Waals surface area contributed by atoms with Crippen molar-refractivity contribution < 1.29 is 0 Å². The Morgan fingerprint density at radius 1 is 1.21 bits per heavy atom. The van der Waals surface area contributed by atoms with E-state index < -0.39 is 0 Å². The highest BCUT2D eigenvalue weighted by atomic mass is 14.9. The van der Waals surface area contributed by atoms with Crippen molar-refractivity contribution >= 4 is 0 Å². The summed E-state index contributed by atoms with van der Waals surface area (Å²) in [5.74, 6) is 0.820. The van der Waals surface area contributed by atoms with Gasteiger partial charge in [0.1, 0.15) is 0 Å². The summed E-state index contributed by atoms with van der Waals surface area (Å²) in [5, 5.41) is 3.70. The van der Waals surface area contributed by atoms with E-state index in [9.17, 15) is 0 Å². The van der Waals surface area contributed by atoms with E-state index in [2.05, 4.69) is 36.3 Å². The molecule has 2 rings (SSSR count). The first-order chi connectivity index (χ1) is 9.20. The SMILES string of the molecule is CC(C)CC1(CNCCc2ccncc2)CCCC1. The maximum absolute atomic E-state index is 4.06. The van der Waals surface area contributed by atoms with Gasteiger partial charge < -0.3 is 5.32 Å². The molecule has 0 radical (unpaired) electrons. The predicted molar refractivity (Wildman–Crippen MR) is 81.2 cm³/mol. The largest absolute Gasteiger partial charge is 0.316 e. The number of hydrogen-bond acceptors (Lipinski definition) is 2. The van der Waals surface area contributed by atoms with Gasteiger partial charge in [0.25, 0.3) is 0 Å². The van der Waals surface area contributed by atoms with Gasteiger partial charge in [-0.3, -0.25) is 4.98 Å². The van der Waals surface area contributed by atoms with Crippen molar-refractivity contribution in [2.24, 2.45) is 11.3 Å². The molecular formula is C17H28N2. The van der Waals surface area contributed by atoms with E-state index in [1.54, 1.807) is 0 Å². The fourth-order valence-corrected chi connectivity index (χ4v) is 3.58. The van der Waals surface area contributed by atoms with Gasteiger partial charge in [0.15, 0.2) is 0 Å². The van der Waals surface area contributed by atoms with E-state index in [1.807, 2.05) is 12.4 Å². The lowest BCUT2D eigenvalue weighted by Gasteiger charge is -2.31. The second-order valence-corrected chi connectivity index (χ2v) is 6.59. The molecule has 1 heterocycles. The number of pyridine rings is 1. The summed E-state index contributed by atoms with van der Waals surface area (Å²) in [6, 6.07) is 4.22. The Labute approximate surface area is 118 Å². The van der Waals surface area contributed by atoms with Crippen LogP contribution in [0.25, 0.3) is 0 Å². The Bertz CT molecular complexity index is 353. The summed E-state index contributed by atoms with van der Waals surface area (Å²) in [6.45, 7) is 7.01. The van der Waals surface area contributed by atoms with Gasteiger partial charge in [-0.2, -0.15) is 0 Å². The van der Waals surface area contributed by atoms with Crippen LogP contribution < -0.4 is 5.32 Å². The van der Waals surface area contributed by atoms with E-state index in [-0.39, 0.29) is 0 Å². The third kappa shape index (κ3) is 4.61. The van der Waals surface area contributed by atoms with Gasteiger partial charge in [-0.25, -0.2) is 0 Å². The molecule has 2 nitrogen and oxygen atoms in total. The van der Waals surface area contributed by atoms with Crippen LogP contribution in [0.3, 0.4) is 0 Å². The topological polar surface area (TPSA) is 24.9 Å². The average Bonchev–Trinajstić information content (AvgIpc) is 2.84. The van der Waals surface area contributed by atoms with Crippen molar-refractivity contribution in [3.63, 3.8) is 0 Å². The highest BCUT2D eigenvalue weighted by Gasteiger charge is 2.33. The molecule has 1 aliphatic rings. The van der Waals surface area contributed by atoms with Crippen molar-refractivity contribution in [3.05, 3.63) is 30.1 Å². The number of hydrogen-bond donors (Lipinski definition) is 1. The molecule has 0 unspecified atom stereocenters. The van der Waals surface area contributed by atoms with E-state index in [0.717, 1.165) is 18.9 Å². The minimum atomic E-state index is 0.590. The zero-order valence-corrected chi connectivity index (χ0v) is 12.5. The van der Waals surface area contributed by atoms with Crippen molar-refractivity contribution in [1.29, 1.82) is 0 Å². The molecule has 0 bridgehead atoms. The number of nitrogens with zero attached hydrogens (tertiary/aromatic N) is 1. The maximum atomic E-state index is 4.06. The Kier molecular flexibility index (Phi) is 5.38. The third-order valence-electron chi connectivity index (χ3n) is 4.35. The second-order valence-electron chi connectivity index (χ2n) is 6.59. The van der Waals surface area contributed by atoms with Crippen LogP contribution in [0, 0.1) is 11.3 Å². The lowest BCUT2D eigenvalue weighted by Crippen LogP contribution is -2.34. The maximum Gasteiger partial charge on any atom is 0.0270 e. The van der Waals surface area contributed by atoms with Crippen molar-refractivity contribution in [2.75, 3.05) is 13.1 Å². The van der Waals surface area contributed by atoms with E-state index in [1.165, 1.54) is 44.2 Å². The van der Waals surface area contributed by atoms with Crippen LogP contribution in [0.4, 0.5) is 0 Å². The van der Waals surface area contributed by atoms with Crippen LogP contribution in [0.5, 0.6) is 0 Å². The summed E-state index contributed by atoms with van der Waals surface area (Å²) in [6.07, 6.45) is 12.0. The molecule has 106 valence electrons. The summed E-state index contributed by atoms with van der Waals surface area (Å²) in [5.41, 5.74) is 1.97. The molecule has 0 aromatic carbocycles. The van der Waals surface area contributed by atoms with Crippen molar-refractivity contribution in [3.8, 4) is 0 Å². The Morgan fingerprint density at radius 3 is 2.53 bits per heavy atom. The van der Waals surface area contributed by atoms with Crippen LogP contribution >= 0.6 is 0 Å². The standard InChI is InChI=1S/C17H28N2/c1-15(2)13-17(8-3-4-9-17)14-19-12-7-16-5-10-18-11-6-16/h5-6,10-11,15,19H,3-4,7-9,12-14H2,1-2H3. The number of aromatic nitrogens is 1. The lowest BCUT2D eigenvalue weighted by atomic mass is 9.78. The van der Waals surface area contributed by atoms with Crippen LogP contribution in [-0.2, 0) is 6.42 Å². The van der Waals surface area contributed by atoms with Gasteiger partial charge >= 0.3 is 0 Å². The molecule has 19 heavy (non-hydrogen) atoms. The molecule has 1 aliphatic carbocycles. The van der Waals surface area contributed by atoms with Crippen LogP contribution in [0.15, 0.2) is 24.5 Å². The van der Waals surface area contributed by atoms with Crippen LogP contribution in [0.2, 0.25) is 0 Å². The highest BCUT2D eigenvalue weighted by Crippen LogP contribution is 2.42. The summed E-state index contributed by atoms with van der Waals surface area (Å²) >= 11 is 0. The first-order valence-corrected chi connectivity index (χ1v) is 7.80. The Hall–Kier alpha value is -0.890. The fourth-order valence-electron chi connectivity index (χ4n) is 3.58. The van der Waals surface area contributed by atoms with Crippen LogP contribution in [0.1, 0.15) is 51.5 Å². The molecule has 1 aromatic rings. The fraction of sp³-hybridized carbons (Fsp3) is 0.706. The van der Waals surface area contributed by atoms with E-state index in [4.69, 9.17) is 0 Å². The lowest BCUT2D eigenvalue weighted by molar-refractivity contribution is 0.225. The minimum Gasteiger partial charge on any atom is -0.316 e. The van der Waals surface area contributed by atoms with E-state index in [0.29, 0.717) is 5.41 Å². The number of rotatable bonds is 7. The van der Waals surface area contributed by atoms with Crippen LogP contribution in [-0.4, -0.2) is 18.1 Å². The monoisotopic (exact) mass is 260 g/mol. The first kappa shape index (κ1) is 14.5. The average molecular weight is 260 g/mol.